The molecule has 0 saturated carbocycles. The van der Waals surface area contributed by atoms with E-state index in [1.807, 2.05) is 18.3 Å². The van der Waals surface area contributed by atoms with Crippen molar-refractivity contribution in [2.24, 2.45) is 5.92 Å². The van der Waals surface area contributed by atoms with Gasteiger partial charge in [-0.1, -0.05) is 13.8 Å². The van der Waals surface area contributed by atoms with Gasteiger partial charge in [0.1, 0.15) is 16.5 Å². The lowest BCUT2D eigenvalue weighted by molar-refractivity contribution is 0.558. The first-order valence-electron chi connectivity index (χ1n) is 7.11. The maximum atomic E-state index is 4.66. The van der Waals surface area contributed by atoms with Crippen molar-refractivity contribution in [3.05, 3.63) is 16.3 Å². The second-order valence-corrected chi connectivity index (χ2v) is 6.92. The average molecular weight is 275 g/mol. The number of nitrogens with zero attached hydrogens (tertiary/aromatic N) is 2. The number of rotatable bonds is 3. The van der Waals surface area contributed by atoms with E-state index < -0.39 is 0 Å². The molecule has 2 aromatic heterocycles. The van der Waals surface area contributed by atoms with Crippen LogP contribution in [0.4, 0.5) is 5.82 Å². The number of anilines is 1. The van der Waals surface area contributed by atoms with E-state index in [9.17, 15) is 0 Å². The van der Waals surface area contributed by atoms with Crippen LogP contribution in [0.15, 0.2) is 0 Å². The summed E-state index contributed by atoms with van der Waals surface area (Å²) in [5.74, 6) is 2.51. The first-order valence-corrected chi connectivity index (χ1v) is 7.93. The zero-order valence-corrected chi connectivity index (χ0v) is 12.9. The molecule has 0 saturated heterocycles. The topological polar surface area (TPSA) is 37.8 Å². The molecule has 0 amide bonds. The molecule has 19 heavy (non-hydrogen) atoms. The van der Waals surface area contributed by atoms with Crippen molar-refractivity contribution >= 4 is 27.4 Å². The molecular weight excluding hydrogens is 254 g/mol. The maximum Gasteiger partial charge on any atom is 0.139 e. The average Bonchev–Trinajstić information content (AvgIpc) is 2.87. The van der Waals surface area contributed by atoms with Crippen LogP contribution < -0.4 is 5.32 Å². The third-order valence-electron chi connectivity index (χ3n) is 4.04. The van der Waals surface area contributed by atoms with Gasteiger partial charge in [0.15, 0.2) is 0 Å². The fourth-order valence-corrected chi connectivity index (χ4v) is 3.90. The van der Waals surface area contributed by atoms with Crippen LogP contribution in [0.1, 0.15) is 43.5 Å². The van der Waals surface area contributed by atoms with Crippen LogP contribution in [0.25, 0.3) is 10.2 Å². The lowest BCUT2D eigenvalue weighted by Crippen LogP contribution is -2.22. The summed E-state index contributed by atoms with van der Waals surface area (Å²) in [7, 11) is 0. The number of hydrogen-bond donors (Lipinski definition) is 1. The van der Waals surface area contributed by atoms with E-state index in [0.717, 1.165) is 16.5 Å². The molecule has 0 unspecified atom stereocenters. The quantitative estimate of drug-likeness (QED) is 0.922. The molecule has 1 aliphatic rings. The van der Waals surface area contributed by atoms with Crippen molar-refractivity contribution in [1.82, 2.24) is 9.97 Å². The molecule has 0 fully saturated rings. The zero-order chi connectivity index (χ0) is 13.6. The molecule has 102 valence electrons. The third kappa shape index (κ3) is 2.22. The van der Waals surface area contributed by atoms with Gasteiger partial charge in [0, 0.05) is 10.9 Å². The van der Waals surface area contributed by atoms with Gasteiger partial charge in [0.25, 0.3) is 0 Å². The monoisotopic (exact) mass is 275 g/mol. The summed E-state index contributed by atoms with van der Waals surface area (Å²) in [6.45, 7) is 8.68. The Hall–Kier alpha value is -1.16. The van der Waals surface area contributed by atoms with Crippen molar-refractivity contribution in [3.63, 3.8) is 0 Å². The molecular formula is C15H21N3S. The molecule has 3 nitrogen and oxygen atoms in total. The van der Waals surface area contributed by atoms with Crippen molar-refractivity contribution < 1.29 is 0 Å². The Morgan fingerprint density at radius 2 is 1.95 bits per heavy atom. The smallest absolute Gasteiger partial charge is 0.139 e. The summed E-state index contributed by atoms with van der Waals surface area (Å²) in [6, 6.07) is 0.425. The van der Waals surface area contributed by atoms with Crippen LogP contribution in [0.2, 0.25) is 0 Å². The Morgan fingerprint density at radius 3 is 2.68 bits per heavy atom. The summed E-state index contributed by atoms with van der Waals surface area (Å²) in [6.07, 6.45) is 3.69. The molecule has 2 aromatic rings. The van der Waals surface area contributed by atoms with Gasteiger partial charge in [-0.3, -0.25) is 0 Å². The minimum Gasteiger partial charge on any atom is -0.367 e. The number of nitrogens with one attached hydrogen (secondary N) is 1. The highest BCUT2D eigenvalue weighted by molar-refractivity contribution is 7.19. The molecule has 2 heterocycles. The predicted octanol–water partition coefficient (Wildman–Crippen LogP) is 3.94. The fourth-order valence-electron chi connectivity index (χ4n) is 2.59. The van der Waals surface area contributed by atoms with Gasteiger partial charge in [-0.25, -0.2) is 9.97 Å². The van der Waals surface area contributed by atoms with Gasteiger partial charge in [-0.2, -0.15) is 0 Å². The van der Waals surface area contributed by atoms with E-state index >= 15 is 0 Å². The van der Waals surface area contributed by atoms with Gasteiger partial charge >= 0.3 is 0 Å². The van der Waals surface area contributed by atoms with Gasteiger partial charge in [0.2, 0.25) is 0 Å². The van der Waals surface area contributed by atoms with E-state index in [4.69, 9.17) is 0 Å². The van der Waals surface area contributed by atoms with Crippen molar-refractivity contribution in [3.8, 4) is 0 Å². The third-order valence-corrected chi connectivity index (χ3v) is 5.23. The minimum atomic E-state index is 0.425. The Morgan fingerprint density at radius 1 is 1.16 bits per heavy atom. The molecule has 0 aliphatic heterocycles. The van der Waals surface area contributed by atoms with Gasteiger partial charge in [-0.15, -0.1) is 11.3 Å². The molecule has 0 radical (unpaired) electrons. The highest BCUT2D eigenvalue weighted by atomic mass is 32.1. The number of thiophene rings is 1. The van der Waals surface area contributed by atoms with E-state index in [-0.39, 0.29) is 0 Å². The maximum absolute atomic E-state index is 4.66. The fraction of sp³-hybridized carbons (Fsp3) is 0.600. The van der Waals surface area contributed by atoms with Crippen LogP contribution in [-0.4, -0.2) is 16.0 Å². The van der Waals surface area contributed by atoms with E-state index in [1.54, 1.807) is 0 Å². The largest absolute Gasteiger partial charge is 0.367 e. The van der Waals surface area contributed by atoms with Crippen molar-refractivity contribution in [2.45, 2.75) is 53.0 Å². The Balaban J connectivity index is 2.11. The summed E-state index contributed by atoms with van der Waals surface area (Å²) in [4.78, 5) is 12.0. The second kappa shape index (κ2) is 4.75. The van der Waals surface area contributed by atoms with E-state index in [0.29, 0.717) is 12.0 Å². The summed E-state index contributed by atoms with van der Waals surface area (Å²) in [5, 5.41) is 4.88. The highest BCUT2D eigenvalue weighted by Crippen LogP contribution is 2.39. The summed E-state index contributed by atoms with van der Waals surface area (Å²) in [5.41, 5.74) is 1.50. The molecule has 0 spiro atoms. The summed E-state index contributed by atoms with van der Waals surface area (Å²) >= 11 is 1.86. The zero-order valence-electron chi connectivity index (χ0n) is 12.1. The highest BCUT2D eigenvalue weighted by Gasteiger charge is 2.22. The van der Waals surface area contributed by atoms with Crippen LogP contribution in [0.3, 0.4) is 0 Å². The van der Waals surface area contributed by atoms with E-state index in [1.165, 1.54) is 35.1 Å². The summed E-state index contributed by atoms with van der Waals surface area (Å²) < 4.78 is 0. The number of fused-ring (bicyclic) bond motifs is 3. The first-order chi connectivity index (χ1) is 9.06. The Kier molecular flexibility index (Phi) is 3.21. The molecule has 0 bridgehead atoms. The molecule has 3 rings (SSSR count). The van der Waals surface area contributed by atoms with Crippen LogP contribution >= 0.6 is 11.3 Å². The van der Waals surface area contributed by atoms with Crippen molar-refractivity contribution in [1.29, 1.82) is 0 Å². The van der Waals surface area contributed by atoms with Crippen molar-refractivity contribution in [2.75, 3.05) is 5.32 Å². The normalized spacial score (nSPS) is 16.1. The number of aromatic nitrogens is 2. The molecule has 1 N–H and O–H groups in total. The predicted molar refractivity (Wildman–Crippen MR) is 82.1 cm³/mol. The molecule has 1 atom stereocenters. The van der Waals surface area contributed by atoms with Crippen LogP contribution in [-0.2, 0) is 12.8 Å². The Labute approximate surface area is 118 Å². The van der Waals surface area contributed by atoms with Gasteiger partial charge < -0.3 is 5.32 Å². The number of hydrogen-bond acceptors (Lipinski definition) is 4. The van der Waals surface area contributed by atoms with E-state index in [2.05, 4.69) is 36.1 Å². The van der Waals surface area contributed by atoms with Gasteiger partial charge in [0.05, 0.1) is 5.39 Å². The first kappa shape index (κ1) is 12.9. The van der Waals surface area contributed by atoms with Gasteiger partial charge in [-0.05, 0) is 44.6 Å². The second-order valence-electron chi connectivity index (χ2n) is 5.83. The minimum absolute atomic E-state index is 0.425. The standard InChI is InChI=1S/C15H21N3S/c1-8(2)9(3)16-14-13-11-6-5-7-12(11)19-15(13)18-10(4)17-14/h8-9H,5-7H2,1-4H3,(H,16,17,18)/t9-/m1/s1. The molecule has 4 heteroatoms. The van der Waals surface area contributed by atoms with Crippen LogP contribution in [0, 0.1) is 12.8 Å². The SMILES string of the molecule is Cc1nc(N[C@H](C)C(C)C)c2c3c(sc2n1)CCC3. The number of aryl methyl sites for hydroxylation is 3. The molecule has 1 aliphatic carbocycles. The lowest BCUT2D eigenvalue weighted by atomic mass is 10.1. The molecule has 0 aromatic carbocycles. The Bertz CT molecular complexity index is 615. The lowest BCUT2D eigenvalue weighted by Gasteiger charge is -2.19. The van der Waals surface area contributed by atoms with Crippen LogP contribution in [0.5, 0.6) is 0 Å².